The molecule has 2 aromatic rings. The third-order valence-corrected chi connectivity index (χ3v) is 6.08. The van der Waals surface area contributed by atoms with Crippen molar-refractivity contribution in [2.75, 3.05) is 26.7 Å². The molecule has 4 heteroatoms. The van der Waals surface area contributed by atoms with E-state index in [0.717, 1.165) is 50.2 Å². The van der Waals surface area contributed by atoms with E-state index >= 15 is 0 Å². The van der Waals surface area contributed by atoms with E-state index in [9.17, 15) is 4.79 Å². The van der Waals surface area contributed by atoms with E-state index in [0.29, 0.717) is 24.3 Å². The second-order valence-electron chi connectivity index (χ2n) is 8.12. The molecule has 2 aromatic carbocycles. The van der Waals surface area contributed by atoms with Gasteiger partial charge in [-0.15, -0.1) is 0 Å². The second-order valence-corrected chi connectivity index (χ2v) is 8.12. The maximum Gasteiger partial charge on any atom is 0.226 e. The molecule has 0 spiro atoms. The molecule has 0 bridgehead atoms. The lowest BCUT2D eigenvalue weighted by molar-refractivity contribution is -0.134. The first kappa shape index (κ1) is 19.0. The molecule has 4 rings (SSSR count). The van der Waals surface area contributed by atoms with Gasteiger partial charge < -0.3 is 15.0 Å². The van der Waals surface area contributed by atoms with Crippen LogP contribution in [0.15, 0.2) is 54.6 Å². The molecule has 1 aliphatic carbocycles. The second kappa shape index (κ2) is 8.78. The molecule has 0 aromatic heterocycles. The summed E-state index contributed by atoms with van der Waals surface area (Å²) in [6.07, 6.45) is 3.23. The molecule has 1 N–H and O–H groups in total. The van der Waals surface area contributed by atoms with Gasteiger partial charge >= 0.3 is 0 Å². The maximum absolute atomic E-state index is 12.8. The minimum absolute atomic E-state index is 0.178. The number of nitrogens with one attached hydrogen (secondary N) is 1. The van der Waals surface area contributed by atoms with Gasteiger partial charge in [0.2, 0.25) is 5.91 Å². The summed E-state index contributed by atoms with van der Waals surface area (Å²) in [4.78, 5) is 14.9. The minimum Gasteiger partial charge on any atom is -0.489 e. The van der Waals surface area contributed by atoms with Crippen molar-refractivity contribution >= 4 is 5.91 Å². The lowest BCUT2D eigenvalue weighted by Gasteiger charge is -2.32. The van der Waals surface area contributed by atoms with E-state index in [1.54, 1.807) is 0 Å². The third-order valence-electron chi connectivity index (χ3n) is 6.08. The van der Waals surface area contributed by atoms with Crippen LogP contribution in [0.3, 0.4) is 0 Å². The van der Waals surface area contributed by atoms with Crippen molar-refractivity contribution in [3.8, 4) is 5.75 Å². The Labute approximate surface area is 167 Å². The Hall–Kier alpha value is -2.33. The van der Waals surface area contributed by atoms with Gasteiger partial charge in [0.1, 0.15) is 12.4 Å². The highest BCUT2D eigenvalue weighted by atomic mass is 16.5. The number of carbonyl (C=O) groups is 1. The van der Waals surface area contributed by atoms with Crippen LogP contribution in [0.4, 0.5) is 0 Å². The van der Waals surface area contributed by atoms with E-state index in [-0.39, 0.29) is 5.92 Å². The van der Waals surface area contributed by atoms with Crippen molar-refractivity contribution in [3.05, 3.63) is 65.7 Å². The Bertz CT molecular complexity index is 767. The quantitative estimate of drug-likeness (QED) is 0.796. The predicted molar refractivity (Wildman–Crippen MR) is 111 cm³/mol. The summed E-state index contributed by atoms with van der Waals surface area (Å²) >= 11 is 0. The molecular formula is C24H30N2O2. The van der Waals surface area contributed by atoms with E-state index in [1.807, 2.05) is 37.4 Å². The normalized spacial score (nSPS) is 22.1. The first-order valence-electron chi connectivity index (χ1n) is 10.4. The van der Waals surface area contributed by atoms with Gasteiger partial charge in [0.25, 0.3) is 0 Å². The average molecular weight is 379 g/mol. The number of ether oxygens (including phenoxy) is 1. The van der Waals surface area contributed by atoms with E-state index in [4.69, 9.17) is 4.74 Å². The van der Waals surface area contributed by atoms with Crippen LogP contribution in [0.5, 0.6) is 5.75 Å². The smallest absolute Gasteiger partial charge is 0.226 e. The van der Waals surface area contributed by atoms with Crippen LogP contribution in [-0.4, -0.2) is 37.5 Å². The standard InChI is InChI=1S/C24H30N2O2/c1-25-16-18-11-13-26(14-12-18)24(27)23-15-22(23)20-7-9-21(10-8-20)28-17-19-5-3-2-4-6-19/h2-10,18,22-23,25H,11-17H2,1H3. The van der Waals surface area contributed by atoms with Gasteiger partial charge in [0.05, 0.1) is 0 Å². The zero-order chi connectivity index (χ0) is 19.3. The highest BCUT2D eigenvalue weighted by Crippen LogP contribution is 2.49. The first-order valence-corrected chi connectivity index (χ1v) is 10.4. The van der Waals surface area contributed by atoms with E-state index in [2.05, 4.69) is 34.5 Å². The first-order chi connectivity index (χ1) is 13.7. The van der Waals surface area contributed by atoms with Crippen LogP contribution in [0.1, 0.15) is 36.3 Å². The number of piperidine rings is 1. The molecule has 2 fully saturated rings. The molecule has 2 atom stereocenters. The van der Waals surface area contributed by atoms with Gasteiger partial charge in [-0.3, -0.25) is 4.79 Å². The molecule has 148 valence electrons. The van der Waals surface area contributed by atoms with Gasteiger partial charge in [0.15, 0.2) is 0 Å². The Balaban J connectivity index is 1.26. The molecular weight excluding hydrogens is 348 g/mol. The van der Waals surface area contributed by atoms with Crippen molar-refractivity contribution < 1.29 is 9.53 Å². The molecule has 28 heavy (non-hydrogen) atoms. The highest BCUT2D eigenvalue weighted by Gasteiger charge is 2.46. The van der Waals surface area contributed by atoms with Gasteiger partial charge in [-0.25, -0.2) is 0 Å². The number of amides is 1. The monoisotopic (exact) mass is 378 g/mol. The summed E-state index contributed by atoms with van der Waals surface area (Å²) in [7, 11) is 2.00. The topological polar surface area (TPSA) is 41.6 Å². The van der Waals surface area contributed by atoms with Crippen molar-refractivity contribution in [2.24, 2.45) is 11.8 Å². The number of nitrogens with zero attached hydrogens (tertiary/aromatic N) is 1. The van der Waals surface area contributed by atoms with Crippen LogP contribution in [0.2, 0.25) is 0 Å². The Morgan fingerprint density at radius 3 is 2.46 bits per heavy atom. The number of rotatable bonds is 7. The Morgan fingerprint density at radius 1 is 1.07 bits per heavy atom. The lowest BCUT2D eigenvalue weighted by Crippen LogP contribution is -2.41. The van der Waals surface area contributed by atoms with Gasteiger partial charge in [-0.2, -0.15) is 0 Å². The van der Waals surface area contributed by atoms with E-state index < -0.39 is 0 Å². The fraction of sp³-hybridized carbons (Fsp3) is 0.458. The highest BCUT2D eigenvalue weighted by molar-refractivity contribution is 5.83. The lowest BCUT2D eigenvalue weighted by atomic mass is 9.96. The predicted octanol–water partition coefficient (Wildman–Crippen LogP) is 3.83. The van der Waals surface area contributed by atoms with Crippen LogP contribution < -0.4 is 10.1 Å². The minimum atomic E-state index is 0.178. The number of hydrogen-bond donors (Lipinski definition) is 1. The van der Waals surface area contributed by atoms with Gasteiger partial charge in [0, 0.05) is 19.0 Å². The molecule has 1 saturated carbocycles. The fourth-order valence-electron chi connectivity index (χ4n) is 4.27. The summed E-state index contributed by atoms with van der Waals surface area (Å²) in [6.45, 7) is 3.47. The van der Waals surface area contributed by atoms with E-state index in [1.165, 1.54) is 5.56 Å². The van der Waals surface area contributed by atoms with Crippen molar-refractivity contribution in [2.45, 2.75) is 31.8 Å². The Kier molecular flexibility index (Phi) is 5.96. The molecule has 1 saturated heterocycles. The molecule has 1 aliphatic heterocycles. The number of benzene rings is 2. The summed E-state index contributed by atoms with van der Waals surface area (Å²) in [5.41, 5.74) is 2.42. The summed E-state index contributed by atoms with van der Waals surface area (Å²) in [6, 6.07) is 18.5. The van der Waals surface area contributed by atoms with Crippen LogP contribution in [-0.2, 0) is 11.4 Å². The summed E-state index contributed by atoms with van der Waals surface area (Å²) in [5, 5.41) is 3.25. The zero-order valence-electron chi connectivity index (χ0n) is 16.6. The number of likely N-dealkylation sites (tertiary alicyclic amines) is 1. The van der Waals surface area contributed by atoms with Crippen molar-refractivity contribution in [3.63, 3.8) is 0 Å². The molecule has 2 aliphatic rings. The molecule has 1 amide bonds. The van der Waals surface area contributed by atoms with Crippen LogP contribution in [0, 0.1) is 11.8 Å². The third kappa shape index (κ3) is 4.56. The van der Waals surface area contributed by atoms with Gasteiger partial charge in [-0.05, 0) is 68.0 Å². The fourth-order valence-corrected chi connectivity index (χ4v) is 4.27. The summed E-state index contributed by atoms with van der Waals surface area (Å²) < 4.78 is 5.87. The molecule has 0 radical (unpaired) electrons. The SMILES string of the molecule is CNCC1CCN(C(=O)C2CC2c2ccc(OCc3ccccc3)cc2)CC1. The van der Waals surface area contributed by atoms with Crippen LogP contribution >= 0.6 is 0 Å². The zero-order valence-corrected chi connectivity index (χ0v) is 16.6. The maximum atomic E-state index is 12.8. The van der Waals surface area contributed by atoms with Crippen molar-refractivity contribution in [1.29, 1.82) is 0 Å². The largest absolute Gasteiger partial charge is 0.489 e. The average Bonchev–Trinajstić information content (AvgIpc) is 3.55. The number of hydrogen-bond acceptors (Lipinski definition) is 3. The molecule has 1 heterocycles. The molecule has 4 nitrogen and oxygen atoms in total. The Morgan fingerprint density at radius 2 is 1.79 bits per heavy atom. The van der Waals surface area contributed by atoms with Crippen LogP contribution in [0.25, 0.3) is 0 Å². The summed E-state index contributed by atoms with van der Waals surface area (Å²) in [5.74, 6) is 2.51. The van der Waals surface area contributed by atoms with Gasteiger partial charge in [-0.1, -0.05) is 42.5 Å². The number of carbonyl (C=O) groups excluding carboxylic acids is 1. The molecule has 2 unspecified atom stereocenters. The van der Waals surface area contributed by atoms with Crippen molar-refractivity contribution in [1.82, 2.24) is 10.2 Å².